The first kappa shape index (κ1) is 10.8. The van der Waals surface area contributed by atoms with Gasteiger partial charge in [-0.2, -0.15) is 0 Å². The van der Waals surface area contributed by atoms with Crippen molar-refractivity contribution in [1.82, 2.24) is 0 Å². The minimum Gasteiger partial charge on any atom is -0.462 e. The van der Waals surface area contributed by atoms with E-state index < -0.39 is 12.0 Å². The quantitative estimate of drug-likeness (QED) is 0.281. The topological polar surface area (TPSA) is 75.1 Å². The molecule has 0 N–H and O–H groups in total. The molecule has 0 bridgehead atoms. The summed E-state index contributed by atoms with van der Waals surface area (Å²) in [6.45, 7) is 5.21. The molecule has 0 aromatic carbocycles. The highest BCUT2D eigenvalue weighted by Gasteiger charge is 2.14. The SMILES string of the molecule is CCC(C)OC(=O)C(C)N=[N+]=[N-]. The molecule has 0 aromatic heterocycles. The van der Waals surface area contributed by atoms with E-state index in [0.717, 1.165) is 6.42 Å². The molecule has 12 heavy (non-hydrogen) atoms. The molecular formula is C7H13N3O2. The maximum Gasteiger partial charge on any atom is 0.314 e. The second-order valence-electron chi connectivity index (χ2n) is 2.54. The lowest BCUT2D eigenvalue weighted by molar-refractivity contribution is -0.149. The predicted molar refractivity (Wildman–Crippen MR) is 44.5 cm³/mol. The monoisotopic (exact) mass is 171 g/mol. The molecule has 5 nitrogen and oxygen atoms in total. The number of rotatable bonds is 4. The van der Waals surface area contributed by atoms with Crippen LogP contribution in [-0.2, 0) is 9.53 Å². The molecule has 0 saturated heterocycles. The van der Waals surface area contributed by atoms with Crippen LogP contribution in [0.3, 0.4) is 0 Å². The molecule has 0 heterocycles. The number of hydrogen-bond donors (Lipinski definition) is 0. The number of nitrogens with zero attached hydrogens (tertiary/aromatic N) is 3. The minimum atomic E-state index is -0.732. The average molecular weight is 171 g/mol. The second kappa shape index (κ2) is 5.43. The molecule has 0 radical (unpaired) electrons. The van der Waals surface area contributed by atoms with Crippen molar-refractivity contribution >= 4 is 5.97 Å². The summed E-state index contributed by atoms with van der Waals surface area (Å²) in [5.41, 5.74) is 8.03. The molecule has 0 spiro atoms. The summed E-state index contributed by atoms with van der Waals surface area (Å²) in [5.74, 6) is -0.470. The fourth-order valence-corrected chi connectivity index (χ4v) is 0.505. The fraction of sp³-hybridized carbons (Fsp3) is 0.857. The Bertz CT molecular complexity index is 199. The number of carbonyl (C=O) groups excluding carboxylic acids is 1. The zero-order valence-corrected chi connectivity index (χ0v) is 7.52. The first-order valence-corrected chi connectivity index (χ1v) is 3.86. The Hall–Kier alpha value is -1.22. The summed E-state index contributed by atoms with van der Waals surface area (Å²) >= 11 is 0. The van der Waals surface area contributed by atoms with Crippen molar-refractivity contribution in [2.45, 2.75) is 39.3 Å². The maximum absolute atomic E-state index is 11.0. The Morgan fingerprint density at radius 2 is 2.25 bits per heavy atom. The molecule has 0 aliphatic rings. The minimum absolute atomic E-state index is 0.117. The number of ether oxygens (including phenoxy) is 1. The van der Waals surface area contributed by atoms with Crippen molar-refractivity contribution in [2.75, 3.05) is 0 Å². The van der Waals surface area contributed by atoms with E-state index in [-0.39, 0.29) is 6.10 Å². The molecule has 0 aliphatic carbocycles. The molecular weight excluding hydrogens is 158 g/mol. The van der Waals surface area contributed by atoms with E-state index in [4.69, 9.17) is 10.3 Å². The van der Waals surface area contributed by atoms with E-state index in [1.807, 2.05) is 6.92 Å². The van der Waals surface area contributed by atoms with Gasteiger partial charge >= 0.3 is 5.97 Å². The van der Waals surface area contributed by atoms with Gasteiger partial charge in [-0.1, -0.05) is 12.0 Å². The molecule has 68 valence electrons. The van der Waals surface area contributed by atoms with Crippen molar-refractivity contribution in [1.29, 1.82) is 0 Å². The lowest BCUT2D eigenvalue weighted by Gasteiger charge is -2.11. The Morgan fingerprint density at radius 3 is 2.67 bits per heavy atom. The largest absolute Gasteiger partial charge is 0.462 e. The van der Waals surface area contributed by atoms with Crippen LogP contribution in [-0.4, -0.2) is 18.1 Å². The first-order valence-electron chi connectivity index (χ1n) is 3.86. The van der Waals surface area contributed by atoms with Gasteiger partial charge in [-0.25, -0.2) is 0 Å². The number of hydrogen-bond acceptors (Lipinski definition) is 3. The summed E-state index contributed by atoms with van der Waals surface area (Å²) in [6.07, 6.45) is 0.642. The van der Waals surface area contributed by atoms with E-state index in [2.05, 4.69) is 10.0 Å². The normalized spacial score (nSPS) is 14.2. The maximum atomic E-state index is 11.0. The van der Waals surface area contributed by atoms with Gasteiger partial charge in [-0.05, 0) is 25.8 Å². The van der Waals surface area contributed by atoms with Crippen LogP contribution in [0.4, 0.5) is 0 Å². The van der Waals surface area contributed by atoms with E-state index in [1.54, 1.807) is 6.92 Å². The van der Waals surface area contributed by atoms with Gasteiger partial charge in [0, 0.05) is 4.91 Å². The van der Waals surface area contributed by atoms with Gasteiger partial charge in [-0.15, -0.1) is 0 Å². The van der Waals surface area contributed by atoms with Gasteiger partial charge in [-0.3, -0.25) is 4.79 Å². The van der Waals surface area contributed by atoms with E-state index >= 15 is 0 Å². The summed E-state index contributed by atoms with van der Waals surface area (Å²) < 4.78 is 4.91. The predicted octanol–water partition coefficient (Wildman–Crippen LogP) is 2.03. The molecule has 0 rings (SSSR count). The average Bonchev–Trinajstić information content (AvgIpc) is 2.04. The Balaban J connectivity index is 3.94. The Labute approximate surface area is 71.3 Å². The van der Waals surface area contributed by atoms with E-state index in [1.165, 1.54) is 6.92 Å². The molecule has 0 aliphatic heterocycles. The van der Waals surface area contributed by atoms with Gasteiger partial charge < -0.3 is 4.74 Å². The van der Waals surface area contributed by atoms with Crippen molar-refractivity contribution in [3.63, 3.8) is 0 Å². The van der Waals surface area contributed by atoms with Gasteiger partial charge in [0.15, 0.2) is 0 Å². The van der Waals surface area contributed by atoms with Crippen LogP contribution < -0.4 is 0 Å². The smallest absolute Gasteiger partial charge is 0.314 e. The highest BCUT2D eigenvalue weighted by atomic mass is 16.5. The standard InChI is InChI=1S/C7H13N3O2/c1-4-5(2)12-7(11)6(3)9-10-8/h5-6H,4H2,1-3H3. The summed E-state index contributed by atoms with van der Waals surface area (Å²) in [7, 11) is 0. The van der Waals surface area contributed by atoms with Gasteiger partial charge in [0.1, 0.15) is 6.04 Å². The van der Waals surface area contributed by atoms with Gasteiger partial charge in [0.2, 0.25) is 0 Å². The molecule has 0 amide bonds. The summed E-state index contributed by atoms with van der Waals surface area (Å²) in [6, 6.07) is -0.732. The summed E-state index contributed by atoms with van der Waals surface area (Å²) in [4.78, 5) is 13.5. The van der Waals surface area contributed by atoms with Crippen molar-refractivity contribution in [2.24, 2.45) is 5.11 Å². The van der Waals surface area contributed by atoms with Gasteiger partial charge in [0.05, 0.1) is 6.10 Å². The Morgan fingerprint density at radius 1 is 1.67 bits per heavy atom. The third-order valence-electron chi connectivity index (χ3n) is 1.46. The third-order valence-corrected chi connectivity index (χ3v) is 1.46. The fourth-order valence-electron chi connectivity index (χ4n) is 0.505. The Kier molecular flexibility index (Phi) is 4.88. The molecule has 2 unspecified atom stereocenters. The van der Waals surface area contributed by atoms with Crippen LogP contribution in [0, 0.1) is 0 Å². The second-order valence-corrected chi connectivity index (χ2v) is 2.54. The van der Waals surface area contributed by atoms with Crippen LogP contribution in [0.1, 0.15) is 27.2 Å². The lowest BCUT2D eigenvalue weighted by atomic mass is 10.3. The number of azide groups is 1. The van der Waals surface area contributed by atoms with E-state index in [0.29, 0.717) is 0 Å². The molecule has 5 heteroatoms. The summed E-state index contributed by atoms with van der Waals surface area (Å²) in [5, 5.41) is 3.22. The molecule has 0 aromatic rings. The van der Waals surface area contributed by atoms with Crippen LogP contribution in [0.2, 0.25) is 0 Å². The van der Waals surface area contributed by atoms with Crippen LogP contribution in [0.5, 0.6) is 0 Å². The van der Waals surface area contributed by atoms with Crippen LogP contribution in [0.15, 0.2) is 5.11 Å². The van der Waals surface area contributed by atoms with Crippen LogP contribution >= 0.6 is 0 Å². The highest BCUT2D eigenvalue weighted by molar-refractivity contribution is 5.75. The number of carbonyl (C=O) groups is 1. The zero-order valence-electron chi connectivity index (χ0n) is 7.52. The molecule has 0 fully saturated rings. The third kappa shape index (κ3) is 3.83. The zero-order chi connectivity index (χ0) is 9.56. The highest BCUT2D eigenvalue weighted by Crippen LogP contribution is 2.01. The number of esters is 1. The van der Waals surface area contributed by atoms with Crippen molar-refractivity contribution in [3.05, 3.63) is 10.4 Å². The first-order chi connectivity index (χ1) is 5.61. The van der Waals surface area contributed by atoms with Crippen molar-refractivity contribution in [3.8, 4) is 0 Å². The lowest BCUT2D eigenvalue weighted by Crippen LogP contribution is -2.22. The van der Waals surface area contributed by atoms with Crippen molar-refractivity contribution < 1.29 is 9.53 Å². The van der Waals surface area contributed by atoms with E-state index in [9.17, 15) is 4.79 Å². The van der Waals surface area contributed by atoms with Gasteiger partial charge in [0.25, 0.3) is 0 Å². The molecule has 0 saturated carbocycles. The van der Waals surface area contributed by atoms with Crippen LogP contribution in [0.25, 0.3) is 10.4 Å². The molecule has 2 atom stereocenters.